The molecule has 0 unspecified atom stereocenters. The van der Waals surface area contributed by atoms with Crippen LogP contribution in [-0.2, 0) is 0 Å². The Kier molecular flexibility index (Phi) is 4.39. The van der Waals surface area contributed by atoms with Crippen molar-refractivity contribution in [1.29, 1.82) is 0 Å². The number of nitrogens with zero attached hydrogens (tertiary/aromatic N) is 3. The Morgan fingerprint density at radius 1 is 1.00 bits per heavy atom. The van der Waals surface area contributed by atoms with Gasteiger partial charge in [-0.15, -0.1) is 0 Å². The van der Waals surface area contributed by atoms with Gasteiger partial charge in [-0.1, -0.05) is 41.7 Å². The van der Waals surface area contributed by atoms with Crippen LogP contribution in [0.15, 0.2) is 61.1 Å². The molecule has 3 heterocycles. The van der Waals surface area contributed by atoms with Crippen LogP contribution < -0.4 is 10.9 Å². The number of benzene rings is 1. The van der Waals surface area contributed by atoms with Crippen LogP contribution in [0, 0.1) is 6.92 Å². The molecular formula is C19H15N5O2S. The fourth-order valence-corrected chi connectivity index (χ4v) is 3.66. The fourth-order valence-electron chi connectivity index (χ4n) is 2.65. The molecule has 0 bridgehead atoms. The molecule has 4 aromatic rings. The Hall–Kier alpha value is -3.52. The summed E-state index contributed by atoms with van der Waals surface area (Å²) in [5.41, 5.74) is 7.90. The molecule has 3 aromatic heterocycles. The Labute approximate surface area is 158 Å². The molecule has 0 aliphatic carbocycles. The SMILES string of the molecule is Cc1c(C(=O)NNC(=O)c2ccncc2)sc2nc(-c3ccccc3)cn12. The number of hydrogen-bond acceptors (Lipinski definition) is 5. The number of hydrazine groups is 1. The molecule has 4 rings (SSSR count). The van der Waals surface area contributed by atoms with E-state index in [1.165, 1.54) is 23.7 Å². The number of aryl methyl sites for hydroxylation is 1. The molecule has 0 atom stereocenters. The van der Waals surface area contributed by atoms with Crippen LogP contribution in [0.1, 0.15) is 25.7 Å². The van der Waals surface area contributed by atoms with Crippen molar-refractivity contribution in [3.8, 4) is 11.3 Å². The van der Waals surface area contributed by atoms with Gasteiger partial charge in [0.25, 0.3) is 11.8 Å². The first kappa shape index (κ1) is 16.9. The average Bonchev–Trinajstić information content (AvgIpc) is 3.27. The molecule has 7 nitrogen and oxygen atoms in total. The van der Waals surface area contributed by atoms with E-state index in [2.05, 4.69) is 20.8 Å². The normalized spacial score (nSPS) is 10.7. The lowest BCUT2D eigenvalue weighted by Gasteiger charge is -2.06. The van der Waals surface area contributed by atoms with E-state index in [0.717, 1.165) is 21.9 Å². The number of aromatic nitrogens is 3. The minimum absolute atomic E-state index is 0.383. The monoisotopic (exact) mass is 377 g/mol. The molecule has 27 heavy (non-hydrogen) atoms. The highest BCUT2D eigenvalue weighted by Crippen LogP contribution is 2.26. The van der Waals surface area contributed by atoms with Crippen LogP contribution in [0.2, 0.25) is 0 Å². The number of rotatable bonds is 3. The van der Waals surface area contributed by atoms with Gasteiger partial charge in [0.05, 0.1) is 5.69 Å². The first-order valence-electron chi connectivity index (χ1n) is 8.18. The lowest BCUT2D eigenvalue weighted by molar-refractivity contribution is 0.0848. The zero-order chi connectivity index (χ0) is 18.8. The lowest BCUT2D eigenvalue weighted by atomic mass is 10.2. The number of amides is 2. The van der Waals surface area contributed by atoms with E-state index >= 15 is 0 Å². The molecule has 8 heteroatoms. The van der Waals surface area contributed by atoms with Crippen molar-refractivity contribution in [3.63, 3.8) is 0 Å². The molecule has 1 aromatic carbocycles. The van der Waals surface area contributed by atoms with E-state index in [9.17, 15) is 9.59 Å². The van der Waals surface area contributed by atoms with E-state index in [0.29, 0.717) is 10.4 Å². The molecule has 0 spiro atoms. The first-order valence-corrected chi connectivity index (χ1v) is 9.00. The number of imidazole rings is 1. The van der Waals surface area contributed by atoms with Gasteiger partial charge in [0.2, 0.25) is 0 Å². The molecule has 0 radical (unpaired) electrons. The number of fused-ring (bicyclic) bond motifs is 1. The van der Waals surface area contributed by atoms with Gasteiger partial charge in [-0.2, -0.15) is 0 Å². The van der Waals surface area contributed by atoms with Gasteiger partial charge in [-0.3, -0.25) is 29.8 Å². The predicted molar refractivity (Wildman–Crippen MR) is 102 cm³/mol. The third kappa shape index (κ3) is 3.30. The largest absolute Gasteiger partial charge is 0.293 e. The van der Waals surface area contributed by atoms with Gasteiger partial charge in [-0.05, 0) is 19.1 Å². The van der Waals surface area contributed by atoms with Crippen LogP contribution in [0.4, 0.5) is 0 Å². The number of pyridine rings is 1. The van der Waals surface area contributed by atoms with E-state index in [1.807, 2.05) is 47.9 Å². The average molecular weight is 377 g/mol. The Bertz CT molecular complexity index is 1120. The van der Waals surface area contributed by atoms with Crippen LogP contribution >= 0.6 is 11.3 Å². The zero-order valence-corrected chi connectivity index (χ0v) is 15.2. The number of nitrogens with one attached hydrogen (secondary N) is 2. The van der Waals surface area contributed by atoms with Gasteiger partial charge in [0.1, 0.15) is 4.88 Å². The smallest absolute Gasteiger partial charge is 0.281 e. The third-order valence-corrected chi connectivity index (χ3v) is 5.22. The van der Waals surface area contributed by atoms with E-state index in [4.69, 9.17) is 0 Å². The van der Waals surface area contributed by atoms with Crippen molar-refractivity contribution in [1.82, 2.24) is 25.2 Å². The highest BCUT2D eigenvalue weighted by atomic mass is 32.1. The molecule has 0 fully saturated rings. The third-order valence-electron chi connectivity index (χ3n) is 4.06. The number of thiazole rings is 1. The van der Waals surface area contributed by atoms with Crippen molar-refractivity contribution in [3.05, 3.63) is 77.2 Å². The maximum Gasteiger partial charge on any atom is 0.281 e. The van der Waals surface area contributed by atoms with Crippen LogP contribution in [0.3, 0.4) is 0 Å². The van der Waals surface area contributed by atoms with Crippen molar-refractivity contribution < 1.29 is 9.59 Å². The zero-order valence-electron chi connectivity index (χ0n) is 14.3. The summed E-state index contributed by atoms with van der Waals surface area (Å²) < 4.78 is 1.88. The second-order valence-electron chi connectivity index (χ2n) is 5.81. The summed E-state index contributed by atoms with van der Waals surface area (Å²) in [6.45, 7) is 1.85. The minimum Gasteiger partial charge on any atom is -0.293 e. The standard InChI is InChI=1S/C19H15N5O2S/c1-12-16(18(26)23-22-17(25)14-7-9-20-10-8-14)27-19-21-15(11-24(12)19)13-5-3-2-4-6-13/h2-11H,1H3,(H,22,25)(H,23,26). The minimum atomic E-state index is -0.406. The number of hydrogen-bond donors (Lipinski definition) is 2. The van der Waals surface area contributed by atoms with Gasteiger partial charge < -0.3 is 0 Å². The van der Waals surface area contributed by atoms with Gasteiger partial charge in [0, 0.05) is 35.4 Å². The molecule has 0 aliphatic rings. The second-order valence-corrected chi connectivity index (χ2v) is 6.78. The van der Waals surface area contributed by atoms with Crippen LogP contribution in [-0.4, -0.2) is 26.2 Å². The molecule has 0 saturated heterocycles. The Morgan fingerprint density at radius 2 is 1.70 bits per heavy atom. The van der Waals surface area contributed by atoms with E-state index in [1.54, 1.807) is 12.1 Å². The summed E-state index contributed by atoms with van der Waals surface area (Å²) in [6, 6.07) is 13.0. The first-order chi connectivity index (χ1) is 13.1. The highest BCUT2D eigenvalue weighted by molar-refractivity contribution is 7.19. The van der Waals surface area contributed by atoms with E-state index in [-0.39, 0.29) is 5.91 Å². The molecule has 134 valence electrons. The van der Waals surface area contributed by atoms with Gasteiger partial charge >= 0.3 is 0 Å². The summed E-state index contributed by atoms with van der Waals surface area (Å²) in [6.07, 6.45) is 4.93. The number of carbonyl (C=O) groups is 2. The molecule has 0 saturated carbocycles. The van der Waals surface area contributed by atoms with Crippen molar-refractivity contribution >= 4 is 28.1 Å². The Balaban J connectivity index is 1.52. The number of carbonyl (C=O) groups excluding carboxylic acids is 2. The highest BCUT2D eigenvalue weighted by Gasteiger charge is 2.18. The topological polar surface area (TPSA) is 88.4 Å². The molecular weight excluding hydrogens is 362 g/mol. The fraction of sp³-hybridized carbons (Fsp3) is 0.0526. The van der Waals surface area contributed by atoms with Crippen LogP contribution in [0.25, 0.3) is 16.2 Å². The maximum atomic E-state index is 12.5. The summed E-state index contributed by atoms with van der Waals surface area (Å²) >= 11 is 1.27. The van der Waals surface area contributed by atoms with Gasteiger partial charge in [-0.25, -0.2) is 4.98 Å². The quantitative estimate of drug-likeness (QED) is 0.538. The summed E-state index contributed by atoms with van der Waals surface area (Å²) in [5, 5.41) is 0. The predicted octanol–water partition coefficient (Wildman–Crippen LogP) is 2.84. The molecule has 0 aliphatic heterocycles. The van der Waals surface area contributed by atoms with Crippen molar-refractivity contribution in [2.24, 2.45) is 0 Å². The summed E-state index contributed by atoms with van der Waals surface area (Å²) in [5.74, 6) is -0.789. The van der Waals surface area contributed by atoms with Crippen molar-refractivity contribution in [2.45, 2.75) is 6.92 Å². The molecule has 2 amide bonds. The molecule has 2 N–H and O–H groups in total. The second kappa shape index (κ2) is 7.00. The lowest BCUT2D eigenvalue weighted by Crippen LogP contribution is -2.41. The Morgan fingerprint density at radius 3 is 2.41 bits per heavy atom. The summed E-state index contributed by atoms with van der Waals surface area (Å²) in [4.78, 5) is 34.1. The van der Waals surface area contributed by atoms with Crippen molar-refractivity contribution in [2.75, 3.05) is 0 Å². The van der Waals surface area contributed by atoms with E-state index < -0.39 is 5.91 Å². The van der Waals surface area contributed by atoms with Gasteiger partial charge in [0.15, 0.2) is 4.96 Å². The maximum absolute atomic E-state index is 12.5. The van der Waals surface area contributed by atoms with Crippen LogP contribution in [0.5, 0.6) is 0 Å². The summed E-state index contributed by atoms with van der Waals surface area (Å²) in [7, 11) is 0.